The zero-order valence-electron chi connectivity index (χ0n) is 28.9. The normalized spacial score (nSPS) is 13.5. The van der Waals surface area contributed by atoms with E-state index in [2.05, 4.69) is 68.9 Å². The fourth-order valence-electron chi connectivity index (χ4n) is 5.80. The smallest absolute Gasteiger partial charge is 0.338 e. The number of nitrogens with one attached hydrogen (secondary N) is 2. The molecule has 3 N–H and O–H groups in total. The van der Waals surface area contributed by atoms with Gasteiger partial charge in [-0.3, -0.25) is 14.6 Å². The lowest BCUT2D eigenvalue weighted by molar-refractivity contribution is -0.140. The molecule has 10 nitrogen and oxygen atoms in total. The van der Waals surface area contributed by atoms with Crippen molar-refractivity contribution < 1.29 is 29.0 Å². The lowest BCUT2D eigenvalue weighted by Crippen LogP contribution is -2.11. The van der Waals surface area contributed by atoms with E-state index in [9.17, 15) is 14.7 Å². The van der Waals surface area contributed by atoms with Gasteiger partial charge in [0.05, 0.1) is 37.6 Å². The predicted octanol–water partition coefficient (Wildman–Crippen LogP) is 7.42. The molecule has 0 radical (unpaired) electrons. The van der Waals surface area contributed by atoms with Crippen molar-refractivity contribution in [3.8, 4) is 0 Å². The number of ether oxygens (including phenoxy) is 2. The number of aliphatic carboxylic acids is 1. The van der Waals surface area contributed by atoms with Crippen LogP contribution in [0.4, 0.5) is 0 Å². The molecule has 47 heavy (non-hydrogen) atoms. The summed E-state index contributed by atoms with van der Waals surface area (Å²) in [7, 11) is 2.63. The molecular formula is C37H46N4O6. The summed E-state index contributed by atoms with van der Waals surface area (Å²) in [6.45, 7) is 18.7. The van der Waals surface area contributed by atoms with Crippen molar-refractivity contribution in [3.05, 3.63) is 75.4 Å². The number of aromatic amines is 2. The first-order chi connectivity index (χ1) is 22.4. The van der Waals surface area contributed by atoms with Gasteiger partial charge in [-0.2, -0.15) is 0 Å². The minimum absolute atomic E-state index is 0.0518. The fourth-order valence-corrected chi connectivity index (χ4v) is 5.80. The van der Waals surface area contributed by atoms with Gasteiger partial charge in [0.15, 0.2) is 0 Å². The molecule has 0 aliphatic carbocycles. The summed E-state index contributed by atoms with van der Waals surface area (Å²) in [6, 6.07) is 6.03. The SMILES string of the molecule is C=Cc1c(C)c2cc3nc(c(CC(=O)OC)c4nc(cc5[nH]c(cc1[nH]2)c(C)c5CC)C(C)=C4C(=O)O)CC3C.CCC.COC=O. The van der Waals surface area contributed by atoms with Gasteiger partial charge in [-0.05, 0) is 74.1 Å². The van der Waals surface area contributed by atoms with Crippen LogP contribution >= 0.6 is 0 Å². The van der Waals surface area contributed by atoms with Gasteiger partial charge in [0.2, 0.25) is 0 Å². The van der Waals surface area contributed by atoms with Crippen LogP contribution in [-0.4, -0.2) is 57.7 Å². The molecule has 2 aliphatic heterocycles. The van der Waals surface area contributed by atoms with Gasteiger partial charge in [0.25, 0.3) is 6.47 Å². The molecule has 0 spiro atoms. The zero-order chi connectivity index (χ0) is 35.0. The van der Waals surface area contributed by atoms with Gasteiger partial charge in [-0.15, -0.1) is 0 Å². The molecule has 0 amide bonds. The number of aryl methyl sites for hydroxylation is 3. The van der Waals surface area contributed by atoms with Gasteiger partial charge in [-0.1, -0.05) is 46.8 Å². The number of hydrogen-bond acceptors (Lipinski definition) is 7. The van der Waals surface area contributed by atoms with Crippen molar-refractivity contribution >= 4 is 57.7 Å². The Hall–Kier alpha value is -4.99. The van der Waals surface area contributed by atoms with E-state index in [0.717, 1.165) is 56.4 Å². The van der Waals surface area contributed by atoms with Crippen molar-refractivity contribution in [1.82, 2.24) is 19.9 Å². The fraction of sp³-hybridized carbons (Fsp3) is 0.378. The summed E-state index contributed by atoms with van der Waals surface area (Å²) in [5, 5.41) is 10.3. The molecule has 8 bridgehead atoms. The number of carboxylic acid groups (broad SMARTS) is 1. The summed E-state index contributed by atoms with van der Waals surface area (Å²) in [4.78, 5) is 51.0. The van der Waals surface area contributed by atoms with Crippen LogP contribution in [0.15, 0.2) is 24.8 Å². The van der Waals surface area contributed by atoms with E-state index >= 15 is 0 Å². The third-order valence-corrected chi connectivity index (χ3v) is 8.23. The number of fused-ring (bicyclic) bond motifs is 8. The Balaban J connectivity index is 0.000000784. The number of aromatic nitrogens is 4. The average Bonchev–Trinajstić information content (AvgIpc) is 3.74. The molecule has 5 rings (SSSR count). The van der Waals surface area contributed by atoms with Gasteiger partial charge in [0, 0.05) is 50.5 Å². The monoisotopic (exact) mass is 642 g/mol. The largest absolute Gasteiger partial charge is 0.478 e. The molecule has 1 atom stereocenters. The Labute approximate surface area is 276 Å². The highest BCUT2D eigenvalue weighted by molar-refractivity contribution is 6.24. The molecule has 0 fully saturated rings. The van der Waals surface area contributed by atoms with Crippen LogP contribution < -0.4 is 0 Å². The van der Waals surface area contributed by atoms with Crippen molar-refractivity contribution in [2.24, 2.45) is 0 Å². The van der Waals surface area contributed by atoms with Gasteiger partial charge < -0.3 is 24.5 Å². The Morgan fingerprint density at radius 3 is 2.15 bits per heavy atom. The third-order valence-electron chi connectivity index (χ3n) is 8.23. The molecule has 3 aromatic rings. The number of allylic oxidation sites excluding steroid dienone is 1. The Morgan fingerprint density at radius 2 is 1.60 bits per heavy atom. The lowest BCUT2D eigenvalue weighted by atomic mass is 9.97. The molecule has 3 aromatic heterocycles. The number of esters is 1. The number of rotatable bonds is 6. The van der Waals surface area contributed by atoms with Crippen LogP contribution in [0.2, 0.25) is 0 Å². The number of nitrogens with zero attached hydrogens (tertiary/aromatic N) is 2. The van der Waals surface area contributed by atoms with Crippen LogP contribution in [0, 0.1) is 13.8 Å². The first-order valence-electron chi connectivity index (χ1n) is 15.8. The van der Waals surface area contributed by atoms with E-state index in [4.69, 9.17) is 19.5 Å². The van der Waals surface area contributed by atoms with Gasteiger partial charge in [0.1, 0.15) is 0 Å². The Bertz CT molecular complexity index is 1880. The highest BCUT2D eigenvalue weighted by atomic mass is 16.5. The standard InChI is InChI=1S/C32H34N4O4.C3H8.C2H4O2/c1-8-19-16(4)23-12-22-15(3)10-26(33-22)21(11-29(37)40-7)31-30(32(38)39)18(6)25(36-31)14-28-20(9-2)17(5)24(35-28)13-27(19)34-23;1-3-2;1-4-2-3/h8,12-15,34-35H,1,9-11H2,2-7H3,(H,38,39);3H2,1-2H3;2H,1H3. The summed E-state index contributed by atoms with van der Waals surface area (Å²) in [6.07, 6.45) is 4.32. The number of hydrogen-bond donors (Lipinski definition) is 3. The minimum Gasteiger partial charge on any atom is -0.478 e. The van der Waals surface area contributed by atoms with E-state index in [1.807, 2.05) is 18.2 Å². The first-order valence-corrected chi connectivity index (χ1v) is 15.8. The van der Waals surface area contributed by atoms with Crippen LogP contribution in [0.3, 0.4) is 0 Å². The molecule has 0 saturated heterocycles. The molecule has 2 aliphatic rings. The van der Waals surface area contributed by atoms with E-state index < -0.39 is 11.9 Å². The van der Waals surface area contributed by atoms with E-state index in [1.165, 1.54) is 20.6 Å². The van der Waals surface area contributed by atoms with Crippen LogP contribution in [0.1, 0.15) is 97.6 Å². The maximum absolute atomic E-state index is 12.6. The maximum atomic E-state index is 12.6. The second kappa shape index (κ2) is 16.0. The van der Waals surface area contributed by atoms with E-state index in [0.29, 0.717) is 35.4 Å². The Morgan fingerprint density at radius 1 is 0.979 bits per heavy atom. The predicted molar refractivity (Wildman–Crippen MR) is 187 cm³/mol. The van der Waals surface area contributed by atoms with Crippen LogP contribution in [0.5, 0.6) is 0 Å². The first kappa shape index (κ1) is 36.5. The average molecular weight is 643 g/mol. The number of H-pyrrole nitrogens is 2. The number of carbonyl (C=O) groups is 3. The highest BCUT2D eigenvalue weighted by Gasteiger charge is 2.30. The topological polar surface area (TPSA) is 147 Å². The molecule has 0 aromatic carbocycles. The van der Waals surface area contributed by atoms with E-state index in [1.54, 1.807) is 6.92 Å². The number of carboxylic acids is 1. The van der Waals surface area contributed by atoms with Crippen LogP contribution in [-0.2, 0) is 43.1 Å². The van der Waals surface area contributed by atoms with Crippen molar-refractivity contribution in [2.75, 3.05) is 14.2 Å². The summed E-state index contributed by atoms with van der Waals surface area (Å²) < 4.78 is 8.85. The molecule has 10 heteroatoms. The van der Waals surface area contributed by atoms with E-state index in [-0.39, 0.29) is 23.6 Å². The minimum atomic E-state index is -1.10. The van der Waals surface area contributed by atoms with Gasteiger partial charge >= 0.3 is 11.9 Å². The zero-order valence-corrected chi connectivity index (χ0v) is 28.9. The lowest BCUT2D eigenvalue weighted by Gasteiger charge is -2.07. The molecule has 0 saturated carbocycles. The highest BCUT2D eigenvalue weighted by Crippen LogP contribution is 2.36. The maximum Gasteiger partial charge on any atom is 0.338 e. The number of methoxy groups -OCH3 is 2. The van der Waals surface area contributed by atoms with Crippen molar-refractivity contribution in [1.29, 1.82) is 0 Å². The van der Waals surface area contributed by atoms with Crippen LogP contribution in [0.25, 0.3) is 39.3 Å². The molecule has 5 heterocycles. The number of carbonyl (C=O) groups excluding carboxylic acids is 2. The second-order valence-electron chi connectivity index (χ2n) is 11.5. The molecule has 250 valence electrons. The summed E-state index contributed by atoms with van der Waals surface area (Å²) >= 11 is 0. The summed E-state index contributed by atoms with van der Waals surface area (Å²) in [5.74, 6) is -1.52. The molecular weight excluding hydrogens is 596 g/mol. The Kier molecular flexibility index (Phi) is 12.4. The second-order valence-corrected chi connectivity index (χ2v) is 11.5. The third kappa shape index (κ3) is 7.70. The van der Waals surface area contributed by atoms with Gasteiger partial charge in [-0.25, -0.2) is 9.78 Å². The summed E-state index contributed by atoms with van der Waals surface area (Å²) in [5.41, 5.74) is 11.4. The van der Waals surface area contributed by atoms with Crippen molar-refractivity contribution in [3.63, 3.8) is 0 Å². The molecule has 1 unspecified atom stereocenters. The van der Waals surface area contributed by atoms with Crippen molar-refractivity contribution in [2.45, 2.75) is 80.1 Å². The quantitative estimate of drug-likeness (QED) is 0.186.